The molecule has 1 aromatic heterocycles. The Balaban J connectivity index is 1.51. The van der Waals surface area contributed by atoms with Gasteiger partial charge in [0.1, 0.15) is 6.61 Å². The van der Waals surface area contributed by atoms with Gasteiger partial charge in [-0.05, 0) is 19.8 Å². The number of hydrogen-bond acceptors (Lipinski definition) is 5. The van der Waals surface area contributed by atoms with Crippen molar-refractivity contribution >= 4 is 17.7 Å². The van der Waals surface area contributed by atoms with Crippen LogP contribution in [0.1, 0.15) is 37.6 Å². The number of fused-ring (bicyclic) bond motifs is 2. The number of H-pyrrole nitrogens is 1. The highest BCUT2D eigenvalue weighted by Crippen LogP contribution is 2.42. The van der Waals surface area contributed by atoms with Crippen LogP contribution < -0.4 is 0 Å². The minimum absolute atomic E-state index is 0.0408. The standard InChI is InChI=1S/C20H29N5O4/c1-3-23-11-14(10-16(23)26)19(28)24-8-5-20(6-9-24)18-15(21-13-22-18)4-7-25(20)17(27)12-29-2/h13-14H,3-12H2,1-2H3,(H,21,22). The second-order valence-corrected chi connectivity index (χ2v) is 8.15. The van der Waals surface area contributed by atoms with Gasteiger partial charge in [-0.2, -0.15) is 0 Å². The molecule has 0 aliphatic carbocycles. The maximum atomic E-state index is 13.0. The van der Waals surface area contributed by atoms with Crippen LogP contribution in [-0.4, -0.2) is 88.8 Å². The summed E-state index contributed by atoms with van der Waals surface area (Å²) in [4.78, 5) is 51.1. The van der Waals surface area contributed by atoms with Crippen LogP contribution >= 0.6 is 0 Å². The van der Waals surface area contributed by atoms with Crippen molar-refractivity contribution in [2.24, 2.45) is 5.92 Å². The number of piperidine rings is 1. The number of methoxy groups -OCH3 is 1. The zero-order valence-electron chi connectivity index (χ0n) is 17.1. The lowest BCUT2D eigenvalue weighted by Gasteiger charge is -2.50. The van der Waals surface area contributed by atoms with Crippen molar-refractivity contribution in [3.63, 3.8) is 0 Å². The van der Waals surface area contributed by atoms with Gasteiger partial charge in [-0.15, -0.1) is 0 Å². The molecule has 29 heavy (non-hydrogen) atoms. The number of aromatic nitrogens is 2. The van der Waals surface area contributed by atoms with Gasteiger partial charge in [0.25, 0.3) is 0 Å². The molecular formula is C20H29N5O4. The number of nitrogens with one attached hydrogen (secondary N) is 1. The van der Waals surface area contributed by atoms with Gasteiger partial charge in [0.05, 0.1) is 23.5 Å². The fraction of sp³-hybridized carbons (Fsp3) is 0.700. The Morgan fingerprint density at radius 1 is 1.31 bits per heavy atom. The van der Waals surface area contributed by atoms with E-state index in [4.69, 9.17) is 4.74 Å². The molecule has 1 N–H and O–H groups in total. The molecule has 1 spiro atoms. The number of nitrogens with zero attached hydrogens (tertiary/aromatic N) is 4. The summed E-state index contributed by atoms with van der Waals surface area (Å²) < 4.78 is 5.10. The first-order chi connectivity index (χ1) is 14.0. The molecule has 0 bridgehead atoms. The lowest BCUT2D eigenvalue weighted by atomic mass is 9.78. The second-order valence-electron chi connectivity index (χ2n) is 8.15. The molecule has 4 heterocycles. The summed E-state index contributed by atoms with van der Waals surface area (Å²) in [6.45, 7) is 4.86. The minimum atomic E-state index is -0.499. The van der Waals surface area contributed by atoms with Crippen LogP contribution in [0.2, 0.25) is 0 Å². The minimum Gasteiger partial charge on any atom is -0.375 e. The molecule has 9 heteroatoms. The fourth-order valence-corrected chi connectivity index (χ4v) is 5.15. The molecule has 0 aromatic carbocycles. The molecule has 1 unspecified atom stereocenters. The Morgan fingerprint density at radius 3 is 2.72 bits per heavy atom. The van der Waals surface area contributed by atoms with Crippen LogP contribution in [0.5, 0.6) is 0 Å². The summed E-state index contributed by atoms with van der Waals surface area (Å²) in [7, 11) is 1.53. The van der Waals surface area contributed by atoms with E-state index in [-0.39, 0.29) is 30.2 Å². The third-order valence-electron chi connectivity index (χ3n) is 6.68. The second kappa shape index (κ2) is 7.78. The zero-order valence-corrected chi connectivity index (χ0v) is 17.1. The molecule has 2 saturated heterocycles. The number of rotatable bonds is 4. The van der Waals surface area contributed by atoms with Gasteiger partial charge in [0.2, 0.25) is 17.7 Å². The van der Waals surface area contributed by atoms with Crippen molar-refractivity contribution < 1.29 is 19.1 Å². The van der Waals surface area contributed by atoms with E-state index in [0.29, 0.717) is 52.0 Å². The highest BCUT2D eigenvalue weighted by atomic mass is 16.5. The Bertz CT molecular complexity index is 799. The Labute approximate surface area is 170 Å². The van der Waals surface area contributed by atoms with E-state index < -0.39 is 5.54 Å². The first kappa shape index (κ1) is 19.9. The zero-order chi connectivity index (χ0) is 20.6. The van der Waals surface area contributed by atoms with Crippen LogP contribution in [0.4, 0.5) is 0 Å². The Hall–Kier alpha value is -2.42. The van der Waals surface area contributed by atoms with Crippen LogP contribution in [0.25, 0.3) is 0 Å². The molecule has 1 aromatic rings. The number of likely N-dealkylation sites (tertiary alicyclic amines) is 2. The Kier molecular flexibility index (Phi) is 5.33. The van der Waals surface area contributed by atoms with Gasteiger partial charge in [-0.1, -0.05) is 0 Å². The molecule has 4 rings (SSSR count). The third kappa shape index (κ3) is 3.31. The number of imidazole rings is 1. The Morgan fingerprint density at radius 2 is 2.07 bits per heavy atom. The van der Waals surface area contributed by atoms with Crippen molar-refractivity contribution in [3.05, 3.63) is 17.7 Å². The maximum absolute atomic E-state index is 13.0. The van der Waals surface area contributed by atoms with Gasteiger partial charge in [0, 0.05) is 58.4 Å². The molecule has 158 valence electrons. The summed E-state index contributed by atoms with van der Waals surface area (Å²) in [5.74, 6) is -0.183. The number of carbonyl (C=O) groups excluding carboxylic acids is 3. The van der Waals surface area contributed by atoms with E-state index in [2.05, 4.69) is 9.97 Å². The number of ether oxygens (including phenoxy) is 1. The highest BCUT2D eigenvalue weighted by molar-refractivity contribution is 5.89. The molecule has 1 atom stereocenters. The van der Waals surface area contributed by atoms with E-state index in [9.17, 15) is 14.4 Å². The van der Waals surface area contributed by atoms with Crippen LogP contribution in [-0.2, 0) is 31.1 Å². The molecule has 3 amide bonds. The monoisotopic (exact) mass is 403 g/mol. The van der Waals surface area contributed by atoms with Crippen molar-refractivity contribution in [3.8, 4) is 0 Å². The molecule has 9 nitrogen and oxygen atoms in total. The van der Waals surface area contributed by atoms with Gasteiger partial charge >= 0.3 is 0 Å². The summed E-state index contributed by atoms with van der Waals surface area (Å²) in [5, 5.41) is 0. The van der Waals surface area contributed by atoms with Crippen molar-refractivity contribution in [2.45, 2.75) is 38.1 Å². The molecule has 3 aliphatic rings. The average Bonchev–Trinajstić information content (AvgIpc) is 3.35. The normalized spacial score (nSPS) is 23.6. The van der Waals surface area contributed by atoms with Gasteiger partial charge < -0.3 is 24.4 Å². The van der Waals surface area contributed by atoms with Gasteiger partial charge in [-0.25, -0.2) is 4.98 Å². The first-order valence-electron chi connectivity index (χ1n) is 10.4. The summed E-state index contributed by atoms with van der Waals surface area (Å²) >= 11 is 0. The molecule has 3 aliphatic heterocycles. The first-order valence-corrected chi connectivity index (χ1v) is 10.4. The van der Waals surface area contributed by atoms with Gasteiger partial charge in [-0.3, -0.25) is 14.4 Å². The van der Waals surface area contributed by atoms with Crippen LogP contribution in [0, 0.1) is 5.92 Å². The van der Waals surface area contributed by atoms with E-state index >= 15 is 0 Å². The topological polar surface area (TPSA) is 98.8 Å². The smallest absolute Gasteiger partial charge is 0.249 e. The largest absolute Gasteiger partial charge is 0.375 e. The quantitative estimate of drug-likeness (QED) is 0.770. The number of amides is 3. The highest BCUT2D eigenvalue weighted by Gasteiger charge is 2.49. The summed E-state index contributed by atoms with van der Waals surface area (Å²) in [6, 6.07) is 0. The molecular weight excluding hydrogens is 374 g/mol. The van der Waals surface area contributed by atoms with E-state index in [1.807, 2.05) is 16.7 Å². The average molecular weight is 403 g/mol. The molecule has 0 saturated carbocycles. The lowest BCUT2D eigenvalue weighted by Crippen LogP contribution is -2.60. The molecule has 0 radical (unpaired) electrons. The number of aromatic amines is 1. The predicted octanol–water partition coefficient (Wildman–Crippen LogP) is 0.127. The van der Waals surface area contributed by atoms with E-state index in [1.165, 1.54) is 7.11 Å². The number of carbonyl (C=O) groups is 3. The lowest BCUT2D eigenvalue weighted by molar-refractivity contribution is -0.148. The molecule has 2 fully saturated rings. The van der Waals surface area contributed by atoms with E-state index in [1.54, 1.807) is 11.2 Å². The third-order valence-corrected chi connectivity index (χ3v) is 6.68. The fourth-order valence-electron chi connectivity index (χ4n) is 5.15. The van der Waals surface area contributed by atoms with Crippen molar-refractivity contribution in [2.75, 3.05) is 46.4 Å². The maximum Gasteiger partial charge on any atom is 0.249 e. The summed E-state index contributed by atoms with van der Waals surface area (Å²) in [6.07, 6.45) is 4.02. The van der Waals surface area contributed by atoms with Gasteiger partial charge in [0.15, 0.2) is 0 Å². The van der Waals surface area contributed by atoms with Crippen molar-refractivity contribution in [1.29, 1.82) is 0 Å². The van der Waals surface area contributed by atoms with E-state index in [0.717, 1.165) is 17.8 Å². The van der Waals surface area contributed by atoms with Crippen molar-refractivity contribution in [1.82, 2.24) is 24.7 Å². The number of hydrogen-bond donors (Lipinski definition) is 1. The SMILES string of the molecule is CCN1CC(C(=O)N2CCC3(CC2)c2nc[nH]c2CCN3C(=O)COC)CC1=O. The van der Waals surface area contributed by atoms with Crippen LogP contribution in [0.15, 0.2) is 6.33 Å². The predicted molar refractivity (Wildman–Crippen MR) is 104 cm³/mol. The van der Waals surface area contributed by atoms with Crippen LogP contribution in [0.3, 0.4) is 0 Å². The summed E-state index contributed by atoms with van der Waals surface area (Å²) in [5.41, 5.74) is 1.50.